The standard InChI is InChI=1S/C26H36N8O5/c1-26(2,3)39-25(35)30-18-6-5-17(21-22(18)38-16-37-21)20-19-23(27)28-15-29-24(19)34(31-20)12-11-32-7-9-33(10-8-32)13-14-36-4/h5-6,15H,7-14,16H2,1-4H3,(H,30,35)(H2,27,28,29). The van der Waals surface area contributed by atoms with Crippen LogP contribution in [0.5, 0.6) is 11.5 Å². The summed E-state index contributed by atoms with van der Waals surface area (Å²) >= 11 is 0. The number of nitrogens with one attached hydrogen (secondary N) is 1. The molecule has 2 aliphatic rings. The van der Waals surface area contributed by atoms with Crippen LogP contribution in [0.3, 0.4) is 0 Å². The quantitative estimate of drug-likeness (QED) is 0.435. The molecule has 2 aromatic heterocycles. The average molecular weight is 541 g/mol. The lowest BCUT2D eigenvalue weighted by Crippen LogP contribution is -2.48. The number of aromatic nitrogens is 4. The van der Waals surface area contributed by atoms with Gasteiger partial charge in [0.15, 0.2) is 17.1 Å². The van der Waals surface area contributed by atoms with Gasteiger partial charge in [0.1, 0.15) is 23.4 Å². The number of ether oxygens (including phenoxy) is 4. The monoisotopic (exact) mass is 540 g/mol. The summed E-state index contributed by atoms with van der Waals surface area (Å²) in [5.41, 5.74) is 8.06. The molecule has 3 aromatic rings. The van der Waals surface area contributed by atoms with Crippen molar-refractivity contribution in [1.29, 1.82) is 0 Å². The van der Waals surface area contributed by atoms with Gasteiger partial charge < -0.3 is 24.7 Å². The van der Waals surface area contributed by atoms with E-state index in [9.17, 15) is 4.79 Å². The molecule has 0 unspecified atom stereocenters. The van der Waals surface area contributed by atoms with Gasteiger partial charge >= 0.3 is 6.09 Å². The van der Waals surface area contributed by atoms with E-state index in [-0.39, 0.29) is 6.79 Å². The van der Waals surface area contributed by atoms with Crippen LogP contribution in [-0.2, 0) is 16.0 Å². The fourth-order valence-corrected chi connectivity index (χ4v) is 4.76. The maximum absolute atomic E-state index is 12.4. The number of methoxy groups -OCH3 is 1. The Morgan fingerprint density at radius 3 is 2.49 bits per heavy atom. The average Bonchev–Trinajstić information content (AvgIpc) is 3.53. The Morgan fingerprint density at radius 1 is 1.05 bits per heavy atom. The van der Waals surface area contributed by atoms with Crippen LogP contribution >= 0.6 is 0 Å². The molecule has 1 saturated heterocycles. The van der Waals surface area contributed by atoms with E-state index in [1.807, 2.05) is 10.7 Å². The van der Waals surface area contributed by atoms with Gasteiger partial charge in [-0.2, -0.15) is 5.10 Å². The number of benzene rings is 1. The summed E-state index contributed by atoms with van der Waals surface area (Å²) in [7, 11) is 1.73. The number of hydrogen-bond acceptors (Lipinski definition) is 11. The second kappa shape index (κ2) is 11.2. The number of fused-ring (bicyclic) bond motifs is 2. The third-order valence-corrected chi connectivity index (χ3v) is 6.67. The third-order valence-electron chi connectivity index (χ3n) is 6.67. The third kappa shape index (κ3) is 6.00. The Balaban J connectivity index is 1.39. The van der Waals surface area contributed by atoms with Crippen molar-refractivity contribution >= 4 is 28.6 Å². The van der Waals surface area contributed by atoms with E-state index in [0.717, 1.165) is 45.9 Å². The van der Waals surface area contributed by atoms with Crippen LogP contribution in [0.15, 0.2) is 18.5 Å². The molecule has 13 nitrogen and oxygen atoms in total. The molecule has 1 amide bonds. The van der Waals surface area contributed by atoms with Gasteiger partial charge in [-0.15, -0.1) is 0 Å². The number of piperazine rings is 1. The summed E-state index contributed by atoms with van der Waals surface area (Å²) in [6, 6.07) is 3.55. The molecule has 2 aliphatic heterocycles. The van der Waals surface area contributed by atoms with Crippen molar-refractivity contribution in [2.24, 2.45) is 0 Å². The Hall–Kier alpha value is -3.68. The molecule has 4 heterocycles. The Bertz CT molecular complexity index is 1330. The first-order chi connectivity index (χ1) is 18.7. The Labute approximate surface area is 227 Å². The van der Waals surface area contributed by atoms with Gasteiger partial charge in [0.05, 0.1) is 24.2 Å². The van der Waals surface area contributed by atoms with Crippen LogP contribution in [0.4, 0.5) is 16.3 Å². The van der Waals surface area contributed by atoms with Gasteiger partial charge in [-0.1, -0.05) is 0 Å². The molecule has 1 aromatic carbocycles. The minimum atomic E-state index is -0.634. The highest BCUT2D eigenvalue weighted by Crippen LogP contribution is 2.47. The van der Waals surface area contributed by atoms with Gasteiger partial charge in [0, 0.05) is 51.9 Å². The van der Waals surface area contributed by atoms with E-state index in [1.54, 1.807) is 33.9 Å². The van der Waals surface area contributed by atoms with Crippen molar-refractivity contribution in [1.82, 2.24) is 29.5 Å². The van der Waals surface area contributed by atoms with Crippen LogP contribution in [0.1, 0.15) is 20.8 Å². The first-order valence-corrected chi connectivity index (χ1v) is 13.1. The highest BCUT2D eigenvalue weighted by Gasteiger charge is 2.29. The van der Waals surface area contributed by atoms with Crippen molar-refractivity contribution in [2.75, 3.05) is 70.8 Å². The molecule has 210 valence electrons. The Morgan fingerprint density at radius 2 is 1.77 bits per heavy atom. The predicted octanol–water partition coefficient (Wildman–Crippen LogP) is 2.42. The number of rotatable bonds is 8. The molecule has 5 rings (SSSR count). The van der Waals surface area contributed by atoms with Crippen molar-refractivity contribution in [3.8, 4) is 22.8 Å². The second-order valence-corrected chi connectivity index (χ2v) is 10.6. The molecule has 13 heteroatoms. The fourth-order valence-electron chi connectivity index (χ4n) is 4.76. The lowest BCUT2D eigenvalue weighted by molar-refractivity contribution is 0.0635. The minimum Gasteiger partial charge on any atom is -0.453 e. The van der Waals surface area contributed by atoms with E-state index in [4.69, 9.17) is 29.8 Å². The van der Waals surface area contributed by atoms with Crippen molar-refractivity contribution in [2.45, 2.75) is 32.9 Å². The highest BCUT2D eigenvalue weighted by molar-refractivity contribution is 6.01. The summed E-state index contributed by atoms with van der Waals surface area (Å²) < 4.78 is 24.0. The van der Waals surface area contributed by atoms with E-state index in [1.165, 1.54) is 6.33 Å². The van der Waals surface area contributed by atoms with Crippen molar-refractivity contribution < 1.29 is 23.7 Å². The van der Waals surface area contributed by atoms with Crippen LogP contribution in [0.2, 0.25) is 0 Å². The topological polar surface area (TPSA) is 142 Å². The van der Waals surface area contributed by atoms with Crippen molar-refractivity contribution in [3.05, 3.63) is 18.5 Å². The molecular formula is C26H36N8O5. The second-order valence-electron chi connectivity index (χ2n) is 10.6. The number of anilines is 2. The number of carbonyl (C=O) groups excluding carboxylic acids is 1. The number of nitrogens with two attached hydrogens (primary N) is 1. The smallest absolute Gasteiger partial charge is 0.412 e. The summed E-state index contributed by atoms with van der Waals surface area (Å²) in [5.74, 6) is 1.20. The minimum absolute atomic E-state index is 0.0102. The van der Waals surface area contributed by atoms with E-state index in [2.05, 4.69) is 25.1 Å². The number of carbonyl (C=O) groups is 1. The van der Waals surface area contributed by atoms with Crippen LogP contribution in [0.25, 0.3) is 22.3 Å². The number of amides is 1. The molecule has 0 saturated carbocycles. The van der Waals surface area contributed by atoms with Gasteiger partial charge in [0.2, 0.25) is 6.79 Å². The molecule has 0 spiro atoms. The van der Waals surface area contributed by atoms with Gasteiger partial charge in [-0.05, 0) is 32.9 Å². The predicted molar refractivity (Wildman–Crippen MR) is 146 cm³/mol. The van der Waals surface area contributed by atoms with Crippen LogP contribution in [-0.4, -0.2) is 101 Å². The first-order valence-electron chi connectivity index (χ1n) is 13.1. The van der Waals surface area contributed by atoms with Gasteiger partial charge in [0.25, 0.3) is 0 Å². The molecule has 0 atom stereocenters. The van der Waals surface area contributed by atoms with Gasteiger partial charge in [-0.3, -0.25) is 15.1 Å². The molecule has 0 radical (unpaired) electrons. The van der Waals surface area contributed by atoms with E-state index in [0.29, 0.717) is 51.8 Å². The summed E-state index contributed by atoms with van der Waals surface area (Å²) in [6.45, 7) is 12.6. The molecule has 0 aliphatic carbocycles. The fraction of sp³-hybridized carbons (Fsp3) is 0.538. The van der Waals surface area contributed by atoms with E-state index >= 15 is 0 Å². The molecular weight excluding hydrogens is 504 g/mol. The molecule has 3 N–H and O–H groups in total. The number of nitrogen functional groups attached to an aromatic ring is 1. The zero-order valence-corrected chi connectivity index (χ0v) is 22.9. The number of nitrogens with zero attached hydrogens (tertiary/aromatic N) is 6. The molecule has 39 heavy (non-hydrogen) atoms. The highest BCUT2D eigenvalue weighted by atomic mass is 16.7. The van der Waals surface area contributed by atoms with Crippen molar-refractivity contribution in [3.63, 3.8) is 0 Å². The van der Waals surface area contributed by atoms with Crippen LogP contribution < -0.4 is 20.5 Å². The normalized spacial score (nSPS) is 16.1. The summed E-state index contributed by atoms with van der Waals surface area (Å²) in [4.78, 5) is 25.9. The largest absolute Gasteiger partial charge is 0.453 e. The first kappa shape index (κ1) is 26.9. The maximum Gasteiger partial charge on any atom is 0.412 e. The molecule has 1 fully saturated rings. The van der Waals surface area contributed by atoms with Gasteiger partial charge in [-0.25, -0.2) is 19.4 Å². The zero-order chi connectivity index (χ0) is 27.6. The summed E-state index contributed by atoms with van der Waals surface area (Å²) in [6.07, 6.45) is 0.867. The maximum atomic E-state index is 12.4. The Kier molecular flexibility index (Phi) is 7.73. The SMILES string of the molecule is COCCN1CCN(CCn2nc(-c3ccc(NC(=O)OC(C)(C)C)c4c3OCO4)c3c(N)ncnc32)CC1. The van der Waals surface area contributed by atoms with E-state index < -0.39 is 11.7 Å². The number of hydrogen-bond donors (Lipinski definition) is 2. The van der Waals surface area contributed by atoms with Crippen LogP contribution in [0, 0.1) is 0 Å². The summed E-state index contributed by atoms with van der Waals surface area (Å²) in [5, 5.41) is 8.30. The zero-order valence-electron chi connectivity index (χ0n) is 22.9. The lowest BCUT2D eigenvalue weighted by Gasteiger charge is -2.34. The molecule has 0 bridgehead atoms. The lowest BCUT2D eigenvalue weighted by atomic mass is 10.1.